The van der Waals surface area contributed by atoms with Crippen molar-refractivity contribution in [2.75, 3.05) is 18.0 Å². The van der Waals surface area contributed by atoms with E-state index in [4.69, 9.17) is 0 Å². The highest BCUT2D eigenvalue weighted by Gasteiger charge is 2.23. The summed E-state index contributed by atoms with van der Waals surface area (Å²) in [6.07, 6.45) is 2.59. The summed E-state index contributed by atoms with van der Waals surface area (Å²) in [5.74, 6) is 3.63. The van der Waals surface area contributed by atoms with Gasteiger partial charge in [0.1, 0.15) is 28.6 Å². The fourth-order valence-corrected chi connectivity index (χ4v) is 4.38. The summed E-state index contributed by atoms with van der Waals surface area (Å²) in [6, 6.07) is 0. The standard InChI is InChI=1S/C17H22N6S/c1-10(2)15-21-20-13-5-6-22(7-8-23(13)15)16-14-11(3)12(4)24-17(14)19-9-18-16/h9-10H,5-8H2,1-4H3. The number of aryl methyl sites for hydroxylation is 2. The zero-order chi connectivity index (χ0) is 16.8. The fourth-order valence-electron chi connectivity index (χ4n) is 3.39. The van der Waals surface area contributed by atoms with E-state index in [9.17, 15) is 0 Å². The highest BCUT2D eigenvalue weighted by atomic mass is 32.1. The molecule has 24 heavy (non-hydrogen) atoms. The minimum absolute atomic E-state index is 0.394. The zero-order valence-corrected chi connectivity index (χ0v) is 15.4. The average molecular weight is 342 g/mol. The third-order valence-electron chi connectivity index (χ3n) is 4.82. The predicted octanol–water partition coefficient (Wildman–Crippen LogP) is 3.09. The first-order valence-electron chi connectivity index (χ1n) is 8.44. The van der Waals surface area contributed by atoms with Crippen LogP contribution in [0.2, 0.25) is 0 Å². The Balaban J connectivity index is 1.70. The van der Waals surface area contributed by atoms with Crippen molar-refractivity contribution in [2.45, 2.75) is 46.6 Å². The molecule has 0 spiro atoms. The summed E-state index contributed by atoms with van der Waals surface area (Å²) in [5.41, 5.74) is 1.30. The van der Waals surface area contributed by atoms with E-state index in [1.807, 2.05) is 0 Å². The van der Waals surface area contributed by atoms with Gasteiger partial charge in [-0.15, -0.1) is 21.5 Å². The van der Waals surface area contributed by atoms with E-state index in [1.165, 1.54) is 15.8 Å². The van der Waals surface area contributed by atoms with Gasteiger partial charge in [-0.2, -0.15) is 0 Å². The highest BCUT2D eigenvalue weighted by molar-refractivity contribution is 7.18. The van der Waals surface area contributed by atoms with Crippen LogP contribution in [0.1, 0.15) is 41.9 Å². The van der Waals surface area contributed by atoms with Crippen molar-refractivity contribution in [2.24, 2.45) is 0 Å². The van der Waals surface area contributed by atoms with Crippen molar-refractivity contribution in [3.63, 3.8) is 0 Å². The lowest BCUT2D eigenvalue weighted by atomic mass is 10.2. The molecule has 4 rings (SSSR count). The number of fused-ring (bicyclic) bond motifs is 2. The van der Waals surface area contributed by atoms with Crippen LogP contribution in [-0.2, 0) is 13.0 Å². The normalized spacial score (nSPS) is 15.1. The second-order valence-corrected chi connectivity index (χ2v) is 7.88. The Kier molecular flexibility index (Phi) is 3.75. The quantitative estimate of drug-likeness (QED) is 0.716. The molecule has 0 saturated heterocycles. The molecule has 6 nitrogen and oxygen atoms in total. The third-order valence-corrected chi connectivity index (χ3v) is 5.93. The molecule has 0 N–H and O–H groups in total. The minimum Gasteiger partial charge on any atom is -0.354 e. The van der Waals surface area contributed by atoms with Gasteiger partial charge in [0.15, 0.2) is 0 Å². The van der Waals surface area contributed by atoms with Crippen LogP contribution in [0.15, 0.2) is 6.33 Å². The van der Waals surface area contributed by atoms with Crippen molar-refractivity contribution in [3.05, 3.63) is 28.4 Å². The zero-order valence-electron chi connectivity index (χ0n) is 14.6. The number of rotatable bonds is 2. The Morgan fingerprint density at radius 3 is 2.71 bits per heavy atom. The molecular weight excluding hydrogens is 320 g/mol. The summed E-state index contributed by atoms with van der Waals surface area (Å²) in [4.78, 5) is 13.9. The molecule has 1 aliphatic rings. The first-order chi connectivity index (χ1) is 11.6. The van der Waals surface area contributed by atoms with Gasteiger partial charge in [0.25, 0.3) is 0 Å². The van der Waals surface area contributed by atoms with Crippen LogP contribution in [0.3, 0.4) is 0 Å². The first-order valence-corrected chi connectivity index (χ1v) is 9.25. The van der Waals surface area contributed by atoms with Gasteiger partial charge in [-0.1, -0.05) is 13.8 Å². The number of hydrogen-bond donors (Lipinski definition) is 0. The lowest BCUT2D eigenvalue weighted by Gasteiger charge is -2.22. The fraction of sp³-hybridized carbons (Fsp3) is 0.529. The van der Waals surface area contributed by atoms with E-state index < -0.39 is 0 Å². The van der Waals surface area contributed by atoms with Gasteiger partial charge in [0, 0.05) is 36.9 Å². The molecular formula is C17H22N6S. The minimum atomic E-state index is 0.394. The summed E-state index contributed by atoms with van der Waals surface area (Å²) < 4.78 is 2.29. The molecule has 3 aromatic rings. The maximum atomic E-state index is 4.63. The number of aromatic nitrogens is 5. The number of anilines is 1. The maximum absolute atomic E-state index is 4.63. The third kappa shape index (κ3) is 2.38. The van der Waals surface area contributed by atoms with Crippen molar-refractivity contribution in [1.82, 2.24) is 24.7 Å². The van der Waals surface area contributed by atoms with Crippen LogP contribution < -0.4 is 4.90 Å². The summed E-state index contributed by atoms with van der Waals surface area (Å²) in [5, 5.41) is 9.99. The van der Waals surface area contributed by atoms with Crippen LogP contribution in [0.25, 0.3) is 10.2 Å². The van der Waals surface area contributed by atoms with E-state index in [0.29, 0.717) is 5.92 Å². The first kappa shape index (κ1) is 15.5. The summed E-state index contributed by atoms with van der Waals surface area (Å²) >= 11 is 1.75. The van der Waals surface area contributed by atoms with E-state index >= 15 is 0 Å². The highest BCUT2D eigenvalue weighted by Crippen LogP contribution is 2.34. The number of hydrogen-bond acceptors (Lipinski definition) is 6. The number of nitrogens with zero attached hydrogens (tertiary/aromatic N) is 6. The maximum Gasteiger partial charge on any atom is 0.141 e. The Morgan fingerprint density at radius 2 is 1.92 bits per heavy atom. The van der Waals surface area contributed by atoms with E-state index in [-0.39, 0.29) is 0 Å². The van der Waals surface area contributed by atoms with Crippen molar-refractivity contribution in [3.8, 4) is 0 Å². The molecule has 3 aromatic heterocycles. The lowest BCUT2D eigenvalue weighted by Crippen LogP contribution is -2.28. The van der Waals surface area contributed by atoms with Gasteiger partial charge < -0.3 is 9.47 Å². The molecule has 4 heterocycles. The topological polar surface area (TPSA) is 59.7 Å². The molecule has 1 aliphatic heterocycles. The number of thiophene rings is 1. The molecule has 7 heteroatoms. The molecule has 0 amide bonds. The molecule has 0 aliphatic carbocycles. The van der Waals surface area contributed by atoms with Crippen molar-refractivity contribution < 1.29 is 0 Å². The summed E-state index contributed by atoms with van der Waals surface area (Å²) in [6.45, 7) is 11.4. The van der Waals surface area contributed by atoms with Gasteiger partial charge >= 0.3 is 0 Å². The molecule has 0 unspecified atom stereocenters. The molecule has 0 radical (unpaired) electrons. The second-order valence-electron chi connectivity index (χ2n) is 6.68. The molecule has 0 bridgehead atoms. The molecule has 0 fully saturated rings. The SMILES string of the molecule is Cc1sc2ncnc(N3CCc4nnc(C(C)C)n4CC3)c2c1C. The van der Waals surface area contributed by atoms with E-state index in [0.717, 1.165) is 48.4 Å². The van der Waals surface area contributed by atoms with Gasteiger partial charge in [0.2, 0.25) is 0 Å². The predicted molar refractivity (Wildman–Crippen MR) is 96.9 cm³/mol. The summed E-state index contributed by atoms with van der Waals surface area (Å²) in [7, 11) is 0. The monoisotopic (exact) mass is 342 g/mol. The van der Waals surface area contributed by atoms with Crippen LogP contribution in [0, 0.1) is 13.8 Å². The molecule has 126 valence electrons. The van der Waals surface area contributed by atoms with Crippen LogP contribution in [0.5, 0.6) is 0 Å². The van der Waals surface area contributed by atoms with E-state index in [2.05, 4.69) is 57.3 Å². The molecule has 0 saturated carbocycles. The van der Waals surface area contributed by atoms with Crippen molar-refractivity contribution in [1.29, 1.82) is 0 Å². The Morgan fingerprint density at radius 1 is 1.08 bits per heavy atom. The molecule has 0 aromatic carbocycles. The average Bonchev–Trinajstić information content (AvgIpc) is 3.02. The lowest BCUT2D eigenvalue weighted by molar-refractivity contribution is 0.617. The second kappa shape index (κ2) is 5.81. The van der Waals surface area contributed by atoms with Crippen LogP contribution >= 0.6 is 11.3 Å². The van der Waals surface area contributed by atoms with Gasteiger partial charge in [-0.25, -0.2) is 9.97 Å². The van der Waals surface area contributed by atoms with E-state index in [1.54, 1.807) is 17.7 Å². The Hall–Kier alpha value is -2.02. The van der Waals surface area contributed by atoms with Gasteiger partial charge in [0.05, 0.1) is 5.39 Å². The Labute approximate surface area is 145 Å². The largest absolute Gasteiger partial charge is 0.354 e. The van der Waals surface area contributed by atoms with Crippen molar-refractivity contribution >= 4 is 27.4 Å². The van der Waals surface area contributed by atoms with Crippen LogP contribution in [0.4, 0.5) is 5.82 Å². The Bertz CT molecular complexity index is 894. The van der Waals surface area contributed by atoms with Gasteiger partial charge in [-0.05, 0) is 19.4 Å². The van der Waals surface area contributed by atoms with Crippen LogP contribution in [-0.4, -0.2) is 37.8 Å². The van der Waals surface area contributed by atoms with Gasteiger partial charge in [-0.3, -0.25) is 0 Å². The molecule has 0 atom stereocenters. The smallest absolute Gasteiger partial charge is 0.141 e.